The molecule has 2 heterocycles. The SMILES string of the molecule is CC1Oc2ccc(S(=O)(=O)N3CCC(C(=O)NC4CCCCC4)CC3)cc2NC1=O. The van der Waals surface area contributed by atoms with Crippen LogP contribution in [0.4, 0.5) is 5.69 Å². The molecule has 1 aromatic rings. The number of hydrogen-bond acceptors (Lipinski definition) is 5. The van der Waals surface area contributed by atoms with Crippen LogP contribution in [0.25, 0.3) is 0 Å². The van der Waals surface area contributed by atoms with E-state index in [1.54, 1.807) is 13.0 Å². The molecule has 0 bridgehead atoms. The van der Waals surface area contributed by atoms with Gasteiger partial charge in [0.05, 0.1) is 10.6 Å². The van der Waals surface area contributed by atoms with E-state index in [-0.39, 0.29) is 28.7 Å². The van der Waals surface area contributed by atoms with Crippen LogP contribution in [-0.2, 0) is 19.6 Å². The Morgan fingerprint density at radius 1 is 1.13 bits per heavy atom. The van der Waals surface area contributed by atoms with Crippen molar-refractivity contribution in [3.63, 3.8) is 0 Å². The molecule has 0 spiro atoms. The Hall–Kier alpha value is -2.13. The summed E-state index contributed by atoms with van der Waals surface area (Å²) in [5.41, 5.74) is 0.362. The van der Waals surface area contributed by atoms with Gasteiger partial charge >= 0.3 is 0 Å². The number of carbonyl (C=O) groups is 2. The molecular formula is C21H29N3O5S. The number of nitrogens with one attached hydrogen (secondary N) is 2. The van der Waals surface area contributed by atoms with Crippen molar-refractivity contribution < 1.29 is 22.7 Å². The smallest absolute Gasteiger partial charge is 0.265 e. The highest BCUT2D eigenvalue weighted by Gasteiger charge is 2.34. The molecule has 1 aromatic carbocycles. The van der Waals surface area contributed by atoms with Gasteiger partial charge in [-0.1, -0.05) is 19.3 Å². The van der Waals surface area contributed by atoms with Gasteiger partial charge in [0.1, 0.15) is 5.75 Å². The molecule has 4 rings (SSSR count). The normalized spacial score (nSPS) is 23.9. The number of nitrogens with zero attached hydrogens (tertiary/aromatic N) is 1. The monoisotopic (exact) mass is 435 g/mol. The number of hydrogen-bond donors (Lipinski definition) is 2. The largest absolute Gasteiger partial charge is 0.479 e. The lowest BCUT2D eigenvalue weighted by atomic mass is 9.93. The minimum atomic E-state index is -3.71. The van der Waals surface area contributed by atoms with E-state index in [0.717, 1.165) is 25.7 Å². The number of carbonyl (C=O) groups excluding carboxylic acids is 2. The highest BCUT2D eigenvalue weighted by molar-refractivity contribution is 7.89. The summed E-state index contributed by atoms with van der Waals surface area (Å²) in [6.45, 7) is 2.25. The first-order valence-electron chi connectivity index (χ1n) is 10.8. The molecule has 8 nitrogen and oxygen atoms in total. The van der Waals surface area contributed by atoms with Crippen LogP contribution in [0, 0.1) is 5.92 Å². The molecule has 0 radical (unpaired) electrons. The third kappa shape index (κ3) is 4.32. The molecule has 164 valence electrons. The summed E-state index contributed by atoms with van der Waals surface area (Å²) < 4.78 is 33.1. The molecule has 30 heavy (non-hydrogen) atoms. The van der Waals surface area contributed by atoms with Crippen molar-refractivity contribution in [3.8, 4) is 5.75 Å². The van der Waals surface area contributed by atoms with Crippen LogP contribution >= 0.6 is 0 Å². The van der Waals surface area contributed by atoms with Crippen molar-refractivity contribution in [2.24, 2.45) is 5.92 Å². The lowest BCUT2D eigenvalue weighted by molar-refractivity contribution is -0.127. The highest BCUT2D eigenvalue weighted by Crippen LogP contribution is 2.33. The summed E-state index contributed by atoms with van der Waals surface area (Å²) in [4.78, 5) is 24.5. The predicted molar refractivity (Wildman–Crippen MR) is 112 cm³/mol. The Balaban J connectivity index is 1.38. The van der Waals surface area contributed by atoms with E-state index in [2.05, 4.69) is 10.6 Å². The zero-order valence-corrected chi connectivity index (χ0v) is 18.0. The highest BCUT2D eigenvalue weighted by atomic mass is 32.2. The number of rotatable bonds is 4. The maximum Gasteiger partial charge on any atom is 0.265 e. The van der Waals surface area contributed by atoms with E-state index in [1.165, 1.54) is 22.9 Å². The number of piperidine rings is 1. The lowest BCUT2D eigenvalue weighted by Crippen LogP contribution is -2.45. The molecule has 0 aromatic heterocycles. The average molecular weight is 436 g/mol. The van der Waals surface area contributed by atoms with Crippen molar-refractivity contribution in [2.45, 2.75) is 68.9 Å². The predicted octanol–water partition coefficient (Wildman–Crippen LogP) is 2.26. The zero-order valence-electron chi connectivity index (χ0n) is 17.2. The molecule has 1 atom stereocenters. The first kappa shape index (κ1) is 21.1. The second-order valence-electron chi connectivity index (χ2n) is 8.43. The van der Waals surface area contributed by atoms with Gasteiger partial charge in [-0.15, -0.1) is 0 Å². The van der Waals surface area contributed by atoms with Crippen LogP contribution in [0.3, 0.4) is 0 Å². The van der Waals surface area contributed by atoms with Gasteiger partial charge in [-0.3, -0.25) is 9.59 Å². The van der Waals surface area contributed by atoms with Crippen LogP contribution in [0.5, 0.6) is 5.75 Å². The number of anilines is 1. The van der Waals surface area contributed by atoms with Gasteiger partial charge in [0.25, 0.3) is 5.91 Å². The average Bonchev–Trinajstić information content (AvgIpc) is 2.75. The summed E-state index contributed by atoms with van der Waals surface area (Å²) in [7, 11) is -3.71. The van der Waals surface area contributed by atoms with Gasteiger partial charge < -0.3 is 15.4 Å². The van der Waals surface area contributed by atoms with E-state index in [1.807, 2.05) is 0 Å². The van der Waals surface area contributed by atoms with E-state index in [4.69, 9.17) is 4.74 Å². The van der Waals surface area contributed by atoms with Gasteiger partial charge in [-0.2, -0.15) is 4.31 Å². The number of sulfonamides is 1. The first-order valence-corrected chi connectivity index (χ1v) is 12.2. The van der Waals surface area contributed by atoms with Crippen molar-refractivity contribution >= 4 is 27.5 Å². The Labute approximate surface area is 177 Å². The van der Waals surface area contributed by atoms with Crippen LogP contribution in [0.15, 0.2) is 23.1 Å². The molecule has 2 N–H and O–H groups in total. The number of benzene rings is 1. The fraction of sp³-hybridized carbons (Fsp3) is 0.619. The molecule has 3 aliphatic rings. The minimum absolute atomic E-state index is 0.0571. The minimum Gasteiger partial charge on any atom is -0.479 e. The quantitative estimate of drug-likeness (QED) is 0.755. The second kappa shape index (κ2) is 8.55. The van der Waals surface area contributed by atoms with E-state index in [0.29, 0.717) is 37.4 Å². The summed E-state index contributed by atoms with van der Waals surface area (Å²) in [5, 5.41) is 5.84. The number of amides is 2. The van der Waals surface area contributed by atoms with Gasteiger partial charge in [0, 0.05) is 25.0 Å². The Morgan fingerprint density at radius 3 is 2.53 bits per heavy atom. The molecular weight excluding hydrogens is 406 g/mol. The van der Waals surface area contributed by atoms with Crippen LogP contribution in [0.2, 0.25) is 0 Å². The first-order chi connectivity index (χ1) is 14.3. The maximum atomic E-state index is 13.1. The molecule has 1 saturated heterocycles. The molecule has 1 saturated carbocycles. The molecule has 2 fully saturated rings. The second-order valence-corrected chi connectivity index (χ2v) is 10.4. The van der Waals surface area contributed by atoms with E-state index in [9.17, 15) is 18.0 Å². The van der Waals surface area contributed by atoms with Crippen LogP contribution in [-0.4, -0.2) is 49.8 Å². The van der Waals surface area contributed by atoms with Crippen molar-refractivity contribution in [1.82, 2.24) is 9.62 Å². The summed E-state index contributed by atoms with van der Waals surface area (Å²) in [6.07, 6.45) is 6.05. The molecule has 1 aliphatic carbocycles. The fourth-order valence-electron chi connectivity index (χ4n) is 4.42. The third-order valence-corrected chi connectivity index (χ3v) is 8.19. The van der Waals surface area contributed by atoms with Crippen molar-refractivity contribution in [2.75, 3.05) is 18.4 Å². The van der Waals surface area contributed by atoms with Crippen molar-refractivity contribution in [3.05, 3.63) is 18.2 Å². The van der Waals surface area contributed by atoms with E-state index >= 15 is 0 Å². The Kier molecular flexibility index (Phi) is 6.02. The summed E-state index contributed by atoms with van der Waals surface area (Å²) >= 11 is 0. The number of fused-ring (bicyclic) bond motifs is 1. The van der Waals surface area contributed by atoms with Gasteiger partial charge in [-0.05, 0) is 50.8 Å². The molecule has 2 aliphatic heterocycles. The summed E-state index contributed by atoms with van der Waals surface area (Å²) in [5.74, 6) is 0.0683. The van der Waals surface area contributed by atoms with Crippen LogP contribution < -0.4 is 15.4 Å². The lowest BCUT2D eigenvalue weighted by Gasteiger charge is -2.32. The maximum absolute atomic E-state index is 13.1. The Bertz CT molecular complexity index is 919. The fourth-order valence-corrected chi connectivity index (χ4v) is 5.92. The van der Waals surface area contributed by atoms with Gasteiger partial charge in [-0.25, -0.2) is 8.42 Å². The van der Waals surface area contributed by atoms with Gasteiger partial charge in [0.15, 0.2) is 6.10 Å². The Morgan fingerprint density at radius 2 is 1.83 bits per heavy atom. The van der Waals surface area contributed by atoms with E-state index < -0.39 is 16.1 Å². The molecule has 1 unspecified atom stereocenters. The third-order valence-electron chi connectivity index (χ3n) is 6.30. The number of ether oxygens (including phenoxy) is 1. The van der Waals surface area contributed by atoms with Crippen molar-refractivity contribution in [1.29, 1.82) is 0 Å². The molecule has 2 amide bonds. The molecule has 9 heteroatoms. The standard InChI is InChI=1S/C21H29N3O5S/c1-14-20(25)23-18-13-17(7-8-19(18)29-14)30(27,28)24-11-9-15(10-12-24)21(26)22-16-5-3-2-4-6-16/h7-8,13-16H,2-6,9-12H2,1H3,(H,22,26)(H,23,25). The zero-order chi connectivity index (χ0) is 21.3. The van der Waals surface area contributed by atoms with Gasteiger partial charge in [0.2, 0.25) is 15.9 Å². The topological polar surface area (TPSA) is 105 Å². The summed E-state index contributed by atoms with van der Waals surface area (Å²) in [6, 6.07) is 4.78. The van der Waals surface area contributed by atoms with Crippen LogP contribution in [0.1, 0.15) is 51.9 Å².